The number of hydrogen-bond acceptors (Lipinski definition) is 26. The summed E-state index contributed by atoms with van der Waals surface area (Å²) >= 11 is 0. The number of carbonyl (C=O) groups excluding carboxylic acids is 11. The first kappa shape index (κ1) is 66.7. The molecule has 0 N–H and O–H groups in total. The Morgan fingerprint density at radius 3 is 1.28 bits per heavy atom. The van der Waals surface area contributed by atoms with E-state index in [1.807, 2.05) is 0 Å². The number of ether oxygens (including phenoxy) is 15. The SMILES string of the molecule is C=CCOC[C@H]1O[C@@H](OCCCCCC(=O)OC)[C@H](OCC=C)[C@@H](O[C@@H]2O[C@H](COC(C)=O)[C@@H](OC(C)=O)[C@H](OC(C)=O)[C@H]2N2C(=O)c3ccccc3C2=O)[C@H]1O[C@@H]1O[C@H](COC(C)=O)[C@@H](OC(C)=O)[C@H](OC(C)=O)[C@H]1N1C(=O)c2ccccc2C1=O. The number of carbonyl (C=O) groups is 11. The molecular weight excluding hydrogens is 1150 g/mol. The lowest BCUT2D eigenvalue weighted by molar-refractivity contribution is -0.381. The lowest BCUT2D eigenvalue weighted by Gasteiger charge is -2.52. The average molecular weight is 1220 g/mol. The molecule has 2 aromatic carbocycles. The highest BCUT2D eigenvalue weighted by molar-refractivity contribution is 6.22. The second-order valence-corrected chi connectivity index (χ2v) is 20.4. The second-order valence-electron chi connectivity index (χ2n) is 20.4. The zero-order valence-corrected chi connectivity index (χ0v) is 48.9. The topological polar surface area (TPSA) is 333 Å². The highest BCUT2D eigenvalue weighted by Crippen LogP contribution is 2.42. The minimum atomic E-state index is -2.10. The van der Waals surface area contributed by atoms with E-state index in [0.29, 0.717) is 29.1 Å². The highest BCUT2D eigenvalue weighted by atomic mass is 16.8. The number of imide groups is 2. The van der Waals surface area contributed by atoms with Gasteiger partial charge in [0.25, 0.3) is 23.6 Å². The van der Waals surface area contributed by atoms with Gasteiger partial charge >= 0.3 is 41.8 Å². The van der Waals surface area contributed by atoms with Crippen molar-refractivity contribution in [1.82, 2.24) is 9.80 Å². The minimum absolute atomic E-state index is 0.0775. The van der Waals surface area contributed by atoms with Crippen molar-refractivity contribution in [3.05, 3.63) is 96.1 Å². The molecule has 0 aliphatic carbocycles. The molecule has 28 nitrogen and oxygen atoms in total. The van der Waals surface area contributed by atoms with Gasteiger partial charge in [0.05, 0.1) is 49.2 Å². The van der Waals surface area contributed by atoms with Gasteiger partial charge in [-0.15, -0.1) is 13.2 Å². The van der Waals surface area contributed by atoms with Crippen LogP contribution in [0.3, 0.4) is 0 Å². The maximum Gasteiger partial charge on any atom is 0.305 e. The first-order valence-corrected chi connectivity index (χ1v) is 27.9. The lowest BCUT2D eigenvalue weighted by Crippen LogP contribution is -2.71. The molecule has 3 saturated heterocycles. The van der Waals surface area contributed by atoms with E-state index in [2.05, 4.69) is 13.2 Å². The summed E-state index contributed by atoms with van der Waals surface area (Å²) in [7, 11) is 1.26. The van der Waals surface area contributed by atoms with Gasteiger partial charge in [0.1, 0.15) is 61.9 Å². The molecule has 15 atom stereocenters. The average Bonchev–Trinajstić information content (AvgIpc) is 1.75. The Labute approximate surface area is 499 Å². The van der Waals surface area contributed by atoms with E-state index in [1.54, 1.807) is 0 Å². The van der Waals surface area contributed by atoms with Crippen molar-refractivity contribution in [2.75, 3.05) is 46.8 Å². The molecule has 5 aliphatic rings. The molecule has 0 unspecified atom stereocenters. The normalized spacial score (nSPS) is 28.4. The van der Waals surface area contributed by atoms with E-state index in [0.717, 1.165) is 41.5 Å². The molecule has 7 rings (SSSR count). The number of fused-ring (bicyclic) bond motifs is 2. The van der Waals surface area contributed by atoms with Crippen LogP contribution in [0.2, 0.25) is 0 Å². The van der Waals surface area contributed by atoms with Gasteiger partial charge in [-0.2, -0.15) is 0 Å². The Morgan fingerprint density at radius 1 is 0.471 bits per heavy atom. The van der Waals surface area contributed by atoms with Crippen LogP contribution in [0.15, 0.2) is 73.8 Å². The van der Waals surface area contributed by atoms with Crippen LogP contribution < -0.4 is 0 Å². The molecule has 87 heavy (non-hydrogen) atoms. The summed E-state index contributed by atoms with van der Waals surface area (Å²) in [5, 5.41) is 0. The van der Waals surface area contributed by atoms with Crippen LogP contribution in [0.1, 0.15) is 109 Å². The Bertz CT molecular complexity index is 2840. The van der Waals surface area contributed by atoms with Crippen LogP contribution in [0.4, 0.5) is 0 Å². The second kappa shape index (κ2) is 30.7. The van der Waals surface area contributed by atoms with Crippen molar-refractivity contribution in [3.63, 3.8) is 0 Å². The number of nitrogens with zero attached hydrogens (tertiary/aromatic N) is 2. The third kappa shape index (κ3) is 16.0. The predicted octanol–water partition coefficient (Wildman–Crippen LogP) is 2.64. The molecule has 28 heteroatoms. The fraction of sp³-hybridized carbons (Fsp3) is 0.542. The van der Waals surface area contributed by atoms with Crippen molar-refractivity contribution in [2.45, 2.75) is 159 Å². The minimum Gasteiger partial charge on any atom is -0.469 e. The third-order valence-electron chi connectivity index (χ3n) is 14.2. The van der Waals surface area contributed by atoms with E-state index >= 15 is 0 Å². The molecule has 0 spiro atoms. The van der Waals surface area contributed by atoms with Crippen molar-refractivity contribution in [3.8, 4) is 0 Å². The first-order chi connectivity index (χ1) is 41.6. The quantitative estimate of drug-likeness (QED) is 0.0388. The van der Waals surface area contributed by atoms with Crippen molar-refractivity contribution in [1.29, 1.82) is 0 Å². The molecule has 0 bridgehead atoms. The van der Waals surface area contributed by atoms with Crippen LogP contribution >= 0.6 is 0 Å². The monoisotopic (exact) mass is 1220 g/mol. The summed E-state index contributed by atoms with van der Waals surface area (Å²) in [6.45, 7) is 11.3. The van der Waals surface area contributed by atoms with Crippen molar-refractivity contribution < 1.29 is 124 Å². The fourth-order valence-corrected chi connectivity index (χ4v) is 10.7. The van der Waals surface area contributed by atoms with Crippen LogP contribution in [-0.2, 0) is 105 Å². The maximum absolute atomic E-state index is 14.8. The summed E-state index contributed by atoms with van der Waals surface area (Å²) in [6, 6.07) is 7.58. The van der Waals surface area contributed by atoms with Gasteiger partial charge in [0, 0.05) is 54.6 Å². The molecule has 472 valence electrons. The smallest absolute Gasteiger partial charge is 0.305 e. The van der Waals surface area contributed by atoms with Gasteiger partial charge in [-0.05, 0) is 37.1 Å². The van der Waals surface area contributed by atoms with Gasteiger partial charge in [-0.25, -0.2) is 0 Å². The standard InChI is InChI=1S/C59H70N2O26/c1-10-24-74-27-40-48(86-57-44(60-53(69)36-19-14-15-20-37(36)54(60)70)49(81-34(7)66)46(79-32(5)64)41(83-57)28-77-30(3)62)51(52(75-25-11-2)59(85-40)76-26-18-12-13-23-43(68)73-9)87-58-45(61-55(71)38-21-16-17-22-39(38)56(61)72)50(82-35(8)67)47(80-33(6)65)42(84-58)29-78-31(4)63/h10-11,14-17,19-22,40-42,44-52,57-59H,1-2,12-13,18,23-29H2,3-9H3/t40-,41-,42-,44-,45-,46-,47-,48+,49-,50-,51+,52-,57+,58+,59-/m1/s1. The number of benzene rings is 2. The van der Waals surface area contributed by atoms with Gasteiger partial charge in [-0.3, -0.25) is 62.5 Å². The van der Waals surface area contributed by atoms with E-state index in [-0.39, 0.29) is 48.5 Å². The molecular formula is C59H70N2O26. The van der Waals surface area contributed by atoms with E-state index < -0.39 is 177 Å². The molecule has 0 saturated carbocycles. The van der Waals surface area contributed by atoms with Crippen LogP contribution in [0.25, 0.3) is 0 Å². The third-order valence-corrected chi connectivity index (χ3v) is 14.2. The number of amides is 4. The van der Waals surface area contributed by atoms with Gasteiger partial charge in [0.2, 0.25) is 0 Å². The summed E-state index contributed by atoms with van der Waals surface area (Å²) in [5.74, 6) is -9.87. The molecule has 4 amide bonds. The number of esters is 7. The molecule has 0 radical (unpaired) electrons. The summed E-state index contributed by atoms with van der Waals surface area (Å²) in [4.78, 5) is 150. The van der Waals surface area contributed by atoms with Crippen molar-refractivity contribution in [2.24, 2.45) is 0 Å². The molecule has 0 aromatic heterocycles. The predicted molar refractivity (Wildman–Crippen MR) is 290 cm³/mol. The Morgan fingerprint density at radius 2 is 0.874 bits per heavy atom. The molecule has 5 aliphatic heterocycles. The zero-order valence-electron chi connectivity index (χ0n) is 48.9. The summed E-state index contributed by atoms with van der Waals surface area (Å²) < 4.78 is 92.2. The van der Waals surface area contributed by atoms with Gasteiger partial charge < -0.3 is 71.1 Å². The number of hydrogen-bond donors (Lipinski definition) is 0. The number of unbranched alkanes of at least 4 members (excludes halogenated alkanes) is 2. The van der Waals surface area contributed by atoms with Gasteiger partial charge in [0.15, 0.2) is 43.3 Å². The molecule has 2 aromatic rings. The highest BCUT2D eigenvalue weighted by Gasteiger charge is 2.63. The van der Waals surface area contributed by atoms with Crippen molar-refractivity contribution >= 4 is 65.4 Å². The van der Waals surface area contributed by atoms with Gasteiger partial charge in [-0.1, -0.05) is 42.8 Å². The van der Waals surface area contributed by atoms with E-state index in [4.69, 9.17) is 71.1 Å². The number of rotatable bonds is 28. The van der Waals surface area contributed by atoms with Crippen LogP contribution in [-0.4, -0.2) is 214 Å². The lowest BCUT2D eigenvalue weighted by atomic mass is 9.92. The Hall–Kier alpha value is -7.83. The first-order valence-electron chi connectivity index (χ1n) is 27.9. The summed E-state index contributed by atoms with van der Waals surface area (Å²) in [5.41, 5.74) is -0.388. The van der Waals surface area contributed by atoms with Crippen LogP contribution in [0, 0.1) is 0 Å². The summed E-state index contributed by atoms with van der Waals surface area (Å²) in [6.07, 6.45) is -19.0. The van der Waals surface area contributed by atoms with Crippen LogP contribution in [0.5, 0.6) is 0 Å². The number of methoxy groups -OCH3 is 1. The Kier molecular flexibility index (Phi) is 23.5. The molecule has 5 heterocycles. The van der Waals surface area contributed by atoms with E-state index in [1.165, 1.54) is 67.8 Å². The fourth-order valence-electron chi connectivity index (χ4n) is 10.7. The Balaban J connectivity index is 1.47. The van der Waals surface area contributed by atoms with E-state index in [9.17, 15) is 52.7 Å². The maximum atomic E-state index is 14.8. The zero-order chi connectivity index (χ0) is 63.2. The molecule has 3 fully saturated rings. The largest absolute Gasteiger partial charge is 0.469 e.